The number of halogens is 1. The topological polar surface area (TPSA) is 99.3 Å². The van der Waals surface area contributed by atoms with Crippen molar-refractivity contribution in [3.63, 3.8) is 0 Å². The lowest BCUT2D eigenvalue weighted by Gasteiger charge is -2.10. The van der Waals surface area contributed by atoms with E-state index in [9.17, 15) is 18.8 Å². The highest BCUT2D eigenvalue weighted by Crippen LogP contribution is 2.18. The fourth-order valence-electron chi connectivity index (χ4n) is 2.66. The van der Waals surface area contributed by atoms with Gasteiger partial charge >= 0.3 is 6.03 Å². The molecule has 4 N–H and O–H groups in total. The maximum Gasteiger partial charge on any atom is 0.319 e. The Morgan fingerprint density at radius 1 is 0.966 bits per heavy atom. The summed E-state index contributed by atoms with van der Waals surface area (Å²) in [7, 11) is 0. The molecular weight excluding hydrogens is 375 g/mol. The van der Waals surface area contributed by atoms with E-state index in [0.29, 0.717) is 42.4 Å². The summed E-state index contributed by atoms with van der Waals surface area (Å²) in [5.41, 5.74) is 1.11. The van der Waals surface area contributed by atoms with E-state index in [2.05, 4.69) is 21.3 Å². The van der Waals surface area contributed by atoms with Gasteiger partial charge in [0.2, 0.25) is 5.91 Å². The van der Waals surface area contributed by atoms with Gasteiger partial charge in [0.1, 0.15) is 5.82 Å². The molecule has 2 aromatic carbocycles. The summed E-state index contributed by atoms with van der Waals surface area (Å²) in [6.45, 7) is 0.365. The first-order valence-electron chi connectivity index (χ1n) is 9.51. The minimum absolute atomic E-state index is 0.00622. The van der Waals surface area contributed by atoms with E-state index in [1.54, 1.807) is 24.3 Å². The zero-order valence-corrected chi connectivity index (χ0v) is 15.8. The molecule has 0 spiro atoms. The van der Waals surface area contributed by atoms with E-state index >= 15 is 0 Å². The number of carbonyl (C=O) groups excluding carboxylic acids is 3. The van der Waals surface area contributed by atoms with Crippen molar-refractivity contribution in [1.29, 1.82) is 0 Å². The first-order chi connectivity index (χ1) is 14.0. The number of hydrogen-bond acceptors (Lipinski definition) is 3. The van der Waals surface area contributed by atoms with Crippen LogP contribution in [0, 0.1) is 5.82 Å². The molecule has 152 valence electrons. The van der Waals surface area contributed by atoms with E-state index in [1.807, 2.05) is 0 Å². The van der Waals surface area contributed by atoms with Crippen LogP contribution in [0.3, 0.4) is 0 Å². The van der Waals surface area contributed by atoms with E-state index in [1.165, 1.54) is 24.3 Å². The van der Waals surface area contributed by atoms with Crippen molar-refractivity contribution in [2.75, 3.05) is 17.2 Å². The van der Waals surface area contributed by atoms with Crippen molar-refractivity contribution in [2.24, 2.45) is 0 Å². The first kappa shape index (κ1) is 20.3. The molecule has 0 aliphatic heterocycles. The normalized spacial score (nSPS) is 12.7. The Hall–Kier alpha value is -3.42. The molecule has 1 aliphatic carbocycles. The number of carbonyl (C=O) groups is 3. The van der Waals surface area contributed by atoms with Crippen molar-refractivity contribution in [2.45, 2.75) is 31.7 Å². The Bertz CT molecular complexity index is 899. The van der Waals surface area contributed by atoms with Gasteiger partial charge in [-0.25, -0.2) is 9.18 Å². The molecule has 1 fully saturated rings. The Morgan fingerprint density at radius 3 is 2.41 bits per heavy atom. The van der Waals surface area contributed by atoms with Crippen LogP contribution in [0.5, 0.6) is 0 Å². The summed E-state index contributed by atoms with van der Waals surface area (Å²) in [5, 5.41) is 10.8. The highest BCUT2D eigenvalue weighted by atomic mass is 19.1. The zero-order chi connectivity index (χ0) is 20.6. The second-order valence-corrected chi connectivity index (χ2v) is 6.87. The van der Waals surface area contributed by atoms with Crippen LogP contribution < -0.4 is 21.3 Å². The molecule has 0 saturated heterocycles. The molecule has 0 radical (unpaired) electrons. The second kappa shape index (κ2) is 9.68. The minimum atomic E-state index is -0.445. The fourth-order valence-corrected chi connectivity index (χ4v) is 2.66. The average molecular weight is 398 g/mol. The van der Waals surface area contributed by atoms with Crippen molar-refractivity contribution in [3.8, 4) is 0 Å². The molecule has 0 unspecified atom stereocenters. The summed E-state index contributed by atoms with van der Waals surface area (Å²) >= 11 is 0. The van der Waals surface area contributed by atoms with Crippen molar-refractivity contribution in [1.82, 2.24) is 10.6 Å². The van der Waals surface area contributed by atoms with Crippen molar-refractivity contribution in [3.05, 3.63) is 59.9 Å². The van der Waals surface area contributed by atoms with Crippen LogP contribution in [0.1, 0.15) is 36.0 Å². The number of nitrogens with one attached hydrogen (secondary N) is 4. The smallest absolute Gasteiger partial charge is 0.319 e. The van der Waals surface area contributed by atoms with Gasteiger partial charge in [-0.1, -0.05) is 12.1 Å². The number of benzene rings is 2. The largest absolute Gasteiger partial charge is 0.353 e. The number of rotatable bonds is 8. The highest BCUT2D eigenvalue weighted by molar-refractivity contribution is 6.05. The minimum Gasteiger partial charge on any atom is -0.353 e. The number of anilines is 2. The van der Waals surface area contributed by atoms with Gasteiger partial charge in [-0.2, -0.15) is 0 Å². The zero-order valence-electron chi connectivity index (χ0n) is 15.8. The van der Waals surface area contributed by atoms with Gasteiger partial charge in [0.25, 0.3) is 5.91 Å². The lowest BCUT2D eigenvalue weighted by Crippen LogP contribution is -2.31. The first-order valence-corrected chi connectivity index (χ1v) is 9.51. The molecule has 0 atom stereocenters. The monoisotopic (exact) mass is 398 g/mol. The van der Waals surface area contributed by atoms with Crippen LogP contribution in [0.2, 0.25) is 0 Å². The summed E-state index contributed by atoms with van der Waals surface area (Å²) in [4.78, 5) is 35.9. The summed E-state index contributed by atoms with van der Waals surface area (Å²) in [6, 6.07) is 11.9. The molecule has 8 heteroatoms. The van der Waals surface area contributed by atoms with Crippen LogP contribution in [0.25, 0.3) is 0 Å². The predicted molar refractivity (Wildman–Crippen MR) is 108 cm³/mol. The van der Waals surface area contributed by atoms with E-state index < -0.39 is 17.8 Å². The summed E-state index contributed by atoms with van der Waals surface area (Å²) in [6.07, 6.45) is 3.01. The molecule has 29 heavy (non-hydrogen) atoms. The van der Waals surface area contributed by atoms with Crippen molar-refractivity contribution >= 4 is 29.2 Å². The standard InChI is InChI=1S/C21H23FN4O3/c22-15-5-2-7-18(13-15)25-20(28)14-4-1-6-17(12-14)26-21(29)23-11-3-8-19(27)24-16-9-10-16/h1-2,4-7,12-13,16H,3,8-11H2,(H,24,27)(H,25,28)(H2,23,26,29). The number of amides is 4. The maximum atomic E-state index is 13.2. The van der Waals surface area contributed by atoms with E-state index in [0.717, 1.165) is 12.8 Å². The fraction of sp³-hybridized carbons (Fsp3) is 0.286. The molecule has 1 aliphatic rings. The second-order valence-electron chi connectivity index (χ2n) is 6.87. The van der Waals surface area contributed by atoms with Crippen LogP contribution in [0.15, 0.2) is 48.5 Å². The Labute approximate surface area is 168 Å². The summed E-state index contributed by atoms with van der Waals surface area (Å²) in [5.74, 6) is -0.854. The number of urea groups is 1. The Balaban J connectivity index is 1.44. The molecule has 2 aromatic rings. The molecule has 0 aromatic heterocycles. The summed E-state index contributed by atoms with van der Waals surface area (Å²) < 4.78 is 13.2. The third-order valence-corrected chi connectivity index (χ3v) is 4.27. The third-order valence-electron chi connectivity index (χ3n) is 4.27. The third kappa shape index (κ3) is 6.91. The van der Waals surface area contributed by atoms with E-state index in [4.69, 9.17) is 0 Å². The Morgan fingerprint density at radius 2 is 1.69 bits per heavy atom. The van der Waals surface area contributed by atoms with Crippen molar-refractivity contribution < 1.29 is 18.8 Å². The molecule has 4 amide bonds. The predicted octanol–water partition coefficient (Wildman–Crippen LogP) is 3.26. The van der Waals surface area contributed by atoms with Gasteiger partial charge in [0.15, 0.2) is 0 Å². The molecule has 7 nitrogen and oxygen atoms in total. The molecule has 1 saturated carbocycles. The van der Waals surface area contributed by atoms with Gasteiger partial charge in [0.05, 0.1) is 0 Å². The molecular formula is C21H23FN4O3. The van der Waals surface area contributed by atoms with Gasteiger partial charge in [-0.15, -0.1) is 0 Å². The maximum absolute atomic E-state index is 13.2. The SMILES string of the molecule is O=C(CCCNC(=O)Nc1cccc(C(=O)Nc2cccc(F)c2)c1)NC1CC1. The highest BCUT2D eigenvalue weighted by Gasteiger charge is 2.22. The Kier molecular flexibility index (Phi) is 6.78. The van der Waals surface area contributed by atoms with Crippen LogP contribution in [-0.2, 0) is 4.79 Å². The molecule has 3 rings (SSSR count). The quantitative estimate of drug-likeness (QED) is 0.514. The van der Waals surface area contributed by atoms with Gasteiger partial charge in [-0.05, 0) is 55.7 Å². The average Bonchev–Trinajstić information content (AvgIpc) is 3.49. The van der Waals surface area contributed by atoms with Crippen LogP contribution >= 0.6 is 0 Å². The van der Waals surface area contributed by atoms with Gasteiger partial charge in [-0.3, -0.25) is 9.59 Å². The molecule has 0 heterocycles. The van der Waals surface area contributed by atoms with E-state index in [-0.39, 0.29) is 5.91 Å². The lowest BCUT2D eigenvalue weighted by molar-refractivity contribution is -0.121. The number of hydrogen-bond donors (Lipinski definition) is 4. The van der Waals surface area contributed by atoms with Gasteiger partial charge in [0, 0.05) is 35.9 Å². The van der Waals surface area contributed by atoms with Gasteiger partial charge < -0.3 is 21.3 Å². The lowest BCUT2D eigenvalue weighted by atomic mass is 10.2. The van der Waals surface area contributed by atoms with Crippen LogP contribution in [0.4, 0.5) is 20.6 Å². The van der Waals surface area contributed by atoms with Crippen LogP contribution in [-0.4, -0.2) is 30.4 Å². The molecule has 0 bridgehead atoms.